The lowest BCUT2D eigenvalue weighted by atomic mass is 10.4. The fraction of sp³-hybridized carbons (Fsp3) is 0.727. The first kappa shape index (κ1) is 17.4. The molecule has 0 radical (unpaired) electrons. The van der Waals surface area contributed by atoms with Crippen molar-refractivity contribution < 1.29 is 19.4 Å². The number of carbonyl (C=O) groups is 2. The SMILES string of the molecule is CC(C)OCCCNC(=O)CSc1nnnn1CC(=O)O. The summed E-state index contributed by atoms with van der Waals surface area (Å²) in [4.78, 5) is 22.2. The van der Waals surface area contributed by atoms with Crippen LogP contribution >= 0.6 is 11.8 Å². The Hall–Kier alpha value is -1.68. The van der Waals surface area contributed by atoms with E-state index >= 15 is 0 Å². The van der Waals surface area contributed by atoms with Gasteiger partial charge in [-0.25, -0.2) is 4.68 Å². The fourth-order valence-corrected chi connectivity index (χ4v) is 2.03. The van der Waals surface area contributed by atoms with Crippen molar-refractivity contribution in [1.82, 2.24) is 25.5 Å². The Bertz CT molecular complexity index is 465. The van der Waals surface area contributed by atoms with Crippen LogP contribution in [0, 0.1) is 0 Å². The normalized spacial score (nSPS) is 10.8. The van der Waals surface area contributed by atoms with Gasteiger partial charge in [0.15, 0.2) is 0 Å². The number of tetrazole rings is 1. The first-order chi connectivity index (χ1) is 9.99. The first-order valence-electron chi connectivity index (χ1n) is 6.48. The predicted molar refractivity (Wildman–Crippen MR) is 74.9 cm³/mol. The highest BCUT2D eigenvalue weighted by Crippen LogP contribution is 2.12. The van der Waals surface area contributed by atoms with E-state index < -0.39 is 5.97 Å². The Balaban J connectivity index is 2.21. The second-order valence-corrected chi connectivity index (χ2v) is 5.37. The molecule has 0 aromatic carbocycles. The largest absolute Gasteiger partial charge is 0.480 e. The van der Waals surface area contributed by atoms with E-state index in [0.717, 1.165) is 22.9 Å². The van der Waals surface area contributed by atoms with Crippen molar-refractivity contribution in [2.45, 2.75) is 38.1 Å². The number of nitrogens with one attached hydrogen (secondary N) is 1. The van der Waals surface area contributed by atoms with E-state index in [1.54, 1.807) is 0 Å². The number of carbonyl (C=O) groups excluding carboxylic acids is 1. The van der Waals surface area contributed by atoms with Gasteiger partial charge >= 0.3 is 5.97 Å². The Morgan fingerprint density at radius 1 is 1.48 bits per heavy atom. The van der Waals surface area contributed by atoms with Crippen LogP contribution in [0.25, 0.3) is 0 Å². The van der Waals surface area contributed by atoms with Crippen molar-refractivity contribution in [3.63, 3.8) is 0 Å². The number of ether oxygens (including phenoxy) is 1. The van der Waals surface area contributed by atoms with Crippen LogP contribution in [0.2, 0.25) is 0 Å². The highest BCUT2D eigenvalue weighted by molar-refractivity contribution is 7.99. The Labute approximate surface area is 126 Å². The second kappa shape index (κ2) is 9.29. The highest BCUT2D eigenvalue weighted by Gasteiger charge is 2.11. The highest BCUT2D eigenvalue weighted by atomic mass is 32.2. The van der Waals surface area contributed by atoms with Crippen molar-refractivity contribution in [2.75, 3.05) is 18.9 Å². The molecule has 0 unspecified atom stereocenters. The first-order valence-corrected chi connectivity index (χ1v) is 7.46. The predicted octanol–water partition coefficient (Wildman–Crippen LogP) is -0.219. The van der Waals surface area contributed by atoms with Crippen LogP contribution in [-0.4, -0.2) is 62.2 Å². The third-order valence-electron chi connectivity index (χ3n) is 2.21. The van der Waals surface area contributed by atoms with E-state index in [-0.39, 0.29) is 24.3 Å². The summed E-state index contributed by atoms with van der Waals surface area (Å²) in [7, 11) is 0. The number of amides is 1. The van der Waals surface area contributed by atoms with Crippen LogP contribution in [-0.2, 0) is 20.9 Å². The zero-order valence-corrected chi connectivity index (χ0v) is 12.8. The molecule has 1 amide bonds. The molecule has 0 saturated carbocycles. The Morgan fingerprint density at radius 2 is 2.24 bits per heavy atom. The zero-order valence-electron chi connectivity index (χ0n) is 12.0. The molecular weight excluding hydrogens is 298 g/mol. The number of nitrogens with zero attached hydrogens (tertiary/aromatic N) is 4. The molecular formula is C11H19N5O4S. The van der Waals surface area contributed by atoms with Gasteiger partial charge in [-0.05, 0) is 30.7 Å². The molecule has 1 rings (SSSR count). The minimum absolute atomic E-state index is 0.130. The number of aliphatic carboxylic acids is 1. The van der Waals surface area contributed by atoms with E-state index in [0.29, 0.717) is 18.3 Å². The minimum atomic E-state index is -1.04. The maximum absolute atomic E-state index is 11.6. The summed E-state index contributed by atoms with van der Waals surface area (Å²) in [5.74, 6) is -1.07. The van der Waals surface area contributed by atoms with Crippen LogP contribution < -0.4 is 5.32 Å². The fourth-order valence-electron chi connectivity index (χ4n) is 1.33. The van der Waals surface area contributed by atoms with E-state index in [9.17, 15) is 9.59 Å². The number of carboxylic acid groups (broad SMARTS) is 1. The summed E-state index contributed by atoms with van der Waals surface area (Å²) in [6, 6.07) is 0. The molecule has 1 aromatic rings. The second-order valence-electron chi connectivity index (χ2n) is 4.42. The number of thioether (sulfide) groups is 1. The lowest BCUT2D eigenvalue weighted by Gasteiger charge is -2.08. The lowest BCUT2D eigenvalue weighted by Crippen LogP contribution is -2.27. The van der Waals surface area contributed by atoms with Gasteiger partial charge in [0.1, 0.15) is 6.54 Å². The maximum atomic E-state index is 11.6. The summed E-state index contributed by atoms with van der Waals surface area (Å²) < 4.78 is 6.49. The molecule has 0 fully saturated rings. The van der Waals surface area contributed by atoms with Gasteiger partial charge in [0.05, 0.1) is 11.9 Å². The summed E-state index contributed by atoms with van der Waals surface area (Å²) in [6.45, 7) is 4.71. The third-order valence-corrected chi connectivity index (χ3v) is 3.17. The molecule has 0 bridgehead atoms. The molecule has 1 aromatic heterocycles. The molecule has 118 valence electrons. The zero-order chi connectivity index (χ0) is 15.7. The molecule has 0 atom stereocenters. The van der Waals surface area contributed by atoms with Crippen LogP contribution in [0.3, 0.4) is 0 Å². The van der Waals surface area contributed by atoms with Crippen molar-refractivity contribution in [1.29, 1.82) is 0 Å². The van der Waals surface area contributed by atoms with Crippen molar-refractivity contribution in [3.05, 3.63) is 0 Å². The maximum Gasteiger partial charge on any atom is 0.325 e. The summed E-state index contributed by atoms with van der Waals surface area (Å²) in [5, 5.41) is 22.3. The molecule has 21 heavy (non-hydrogen) atoms. The van der Waals surface area contributed by atoms with Gasteiger partial charge in [-0.2, -0.15) is 0 Å². The number of aromatic nitrogens is 4. The Kier molecular flexibility index (Phi) is 7.69. The van der Waals surface area contributed by atoms with Gasteiger partial charge in [-0.3, -0.25) is 9.59 Å². The topological polar surface area (TPSA) is 119 Å². The van der Waals surface area contributed by atoms with E-state index in [4.69, 9.17) is 9.84 Å². The number of hydrogen-bond acceptors (Lipinski definition) is 7. The molecule has 10 heteroatoms. The molecule has 0 aliphatic carbocycles. The third kappa shape index (κ3) is 7.61. The average Bonchev–Trinajstić information content (AvgIpc) is 2.82. The monoisotopic (exact) mass is 317 g/mol. The van der Waals surface area contributed by atoms with E-state index in [2.05, 4.69) is 20.8 Å². The van der Waals surface area contributed by atoms with Crippen LogP contribution in [0.4, 0.5) is 0 Å². The number of rotatable bonds is 10. The molecule has 2 N–H and O–H groups in total. The summed E-state index contributed by atoms with van der Waals surface area (Å²) in [5.41, 5.74) is 0. The Morgan fingerprint density at radius 3 is 2.90 bits per heavy atom. The molecule has 0 saturated heterocycles. The summed E-state index contributed by atoms with van der Waals surface area (Å²) >= 11 is 1.09. The lowest BCUT2D eigenvalue weighted by molar-refractivity contribution is -0.138. The van der Waals surface area contributed by atoms with Crippen LogP contribution in [0.5, 0.6) is 0 Å². The number of carboxylic acids is 1. The van der Waals surface area contributed by atoms with Gasteiger partial charge in [0.25, 0.3) is 0 Å². The minimum Gasteiger partial charge on any atom is -0.480 e. The van der Waals surface area contributed by atoms with Gasteiger partial charge in [0, 0.05) is 13.2 Å². The van der Waals surface area contributed by atoms with Gasteiger partial charge < -0.3 is 15.2 Å². The van der Waals surface area contributed by atoms with Crippen LogP contribution in [0.15, 0.2) is 5.16 Å². The smallest absolute Gasteiger partial charge is 0.325 e. The molecule has 0 aliphatic rings. The molecule has 1 heterocycles. The molecule has 0 spiro atoms. The average molecular weight is 317 g/mol. The van der Waals surface area contributed by atoms with E-state index in [1.165, 1.54) is 0 Å². The quantitative estimate of drug-likeness (QED) is 0.449. The van der Waals surface area contributed by atoms with Gasteiger partial charge in [-0.1, -0.05) is 11.8 Å². The van der Waals surface area contributed by atoms with Crippen molar-refractivity contribution in [2.24, 2.45) is 0 Å². The van der Waals surface area contributed by atoms with Crippen molar-refractivity contribution >= 4 is 23.6 Å². The standard InChI is InChI=1S/C11H19N5O4S/c1-8(2)20-5-3-4-12-9(17)7-21-11-13-14-15-16(11)6-10(18)19/h8H,3-7H2,1-2H3,(H,12,17)(H,18,19). The summed E-state index contributed by atoms with van der Waals surface area (Å²) in [6.07, 6.45) is 0.926. The van der Waals surface area contributed by atoms with Crippen LogP contribution in [0.1, 0.15) is 20.3 Å². The molecule has 0 aliphatic heterocycles. The van der Waals surface area contributed by atoms with Crippen molar-refractivity contribution in [3.8, 4) is 0 Å². The van der Waals surface area contributed by atoms with Gasteiger partial charge in [0.2, 0.25) is 11.1 Å². The molecule has 9 nitrogen and oxygen atoms in total. The number of hydrogen-bond donors (Lipinski definition) is 2. The van der Waals surface area contributed by atoms with Gasteiger partial charge in [-0.15, -0.1) is 5.10 Å². The van der Waals surface area contributed by atoms with E-state index in [1.807, 2.05) is 13.8 Å².